The molecule has 0 aromatic heterocycles. The Morgan fingerprint density at radius 2 is 1.67 bits per heavy atom. The summed E-state index contributed by atoms with van der Waals surface area (Å²) in [6.07, 6.45) is 0. The van der Waals surface area contributed by atoms with Crippen molar-refractivity contribution in [2.24, 2.45) is 0 Å². The molecule has 0 unspecified atom stereocenters. The lowest BCUT2D eigenvalue weighted by atomic mass is 9.91. The summed E-state index contributed by atoms with van der Waals surface area (Å²) in [7, 11) is 0. The molecule has 0 spiro atoms. The molecule has 1 nitrogen and oxygen atoms in total. The van der Waals surface area contributed by atoms with Gasteiger partial charge in [-0.05, 0) is 41.8 Å². The van der Waals surface area contributed by atoms with E-state index >= 15 is 0 Å². The normalized spacial score (nSPS) is 10.8. The van der Waals surface area contributed by atoms with E-state index in [1.54, 1.807) is 0 Å². The zero-order chi connectivity index (χ0) is 15.0. The van der Waals surface area contributed by atoms with E-state index in [0.717, 1.165) is 37.5 Å². The van der Waals surface area contributed by atoms with Crippen molar-refractivity contribution in [2.75, 3.05) is 0 Å². The maximum atomic E-state index is 13.0. The van der Waals surface area contributed by atoms with Crippen molar-refractivity contribution in [3.05, 3.63) is 81.3 Å². The average Bonchev–Trinajstić information content (AvgIpc) is 2.49. The van der Waals surface area contributed by atoms with Gasteiger partial charge in [0.05, 0.1) is 0 Å². The number of hydrogen-bond donors (Lipinski definition) is 0. The van der Waals surface area contributed by atoms with E-state index in [0.29, 0.717) is 0 Å². The molecule has 0 fully saturated rings. The Morgan fingerprint density at radius 1 is 0.905 bits per heavy atom. The van der Waals surface area contributed by atoms with E-state index in [2.05, 4.69) is 22.0 Å². The van der Waals surface area contributed by atoms with Gasteiger partial charge in [-0.25, -0.2) is 0 Å². The molecule has 3 aromatic rings. The molecule has 104 valence electrons. The highest BCUT2D eigenvalue weighted by atomic mass is 79.9. The Bertz CT molecular complexity index is 849. The summed E-state index contributed by atoms with van der Waals surface area (Å²) in [6, 6.07) is 17.9. The minimum absolute atomic E-state index is 0.0862. The maximum Gasteiger partial charge on any atom is 0.194 e. The molecule has 21 heavy (non-hydrogen) atoms. The van der Waals surface area contributed by atoms with Gasteiger partial charge < -0.3 is 0 Å². The van der Waals surface area contributed by atoms with Gasteiger partial charge in [0.1, 0.15) is 0 Å². The van der Waals surface area contributed by atoms with Crippen LogP contribution >= 0.6 is 15.9 Å². The lowest BCUT2D eigenvalue weighted by Crippen LogP contribution is -2.07. The molecule has 0 amide bonds. The zero-order valence-electron chi connectivity index (χ0n) is 12.0. The fourth-order valence-corrected chi connectivity index (χ4v) is 3.04. The van der Waals surface area contributed by atoms with Gasteiger partial charge in [0.2, 0.25) is 0 Å². The highest BCUT2D eigenvalue weighted by molar-refractivity contribution is 9.10. The first kappa shape index (κ1) is 14.0. The van der Waals surface area contributed by atoms with E-state index in [-0.39, 0.29) is 5.78 Å². The van der Waals surface area contributed by atoms with Gasteiger partial charge in [-0.1, -0.05) is 64.5 Å². The number of hydrogen-bond acceptors (Lipinski definition) is 1. The number of ketones is 1. The van der Waals surface area contributed by atoms with Gasteiger partial charge >= 0.3 is 0 Å². The van der Waals surface area contributed by atoms with Crippen molar-refractivity contribution in [3.63, 3.8) is 0 Å². The van der Waals surface area contributed by atoms with Crippen LogP contribution in [0, 0.1) is 13.8 Å². The van der Waals surface area contributed by atoms with E-state index in [9.17, 15) is 4.79 Å². The predicted molar refractivity (Wildman–Crippen MR) is 91.0 cm³/mol. The molecular formula is C19H15BrO. The summed E-state index contributed by atoms with van der Waals surface area (Å²) in [6.45, 7) is 3.96. The standard InChI is InChI=1S/C19H15BrO/c1-12-10-11-14-6-3-4-7-16(14)18(12)19(21)15-8-5-9-17(20)13(15)2/h3-11H,1-2H3. The molecule has 0 aliphatic rings. The number of carbonyl (C=O) groups excluding carboxylic acids is 1. The molecule has 0 atom stereocenters. The maximum absolute atomic E-state index is 13.0. The van der Waals surface area contributed by atoms with E-state index in [1.165, 1.54) is 0 Å². The molecule has 0 N–H and O–H groups in total. The highest BCUT2D eigenvalue weighted by Crippen LogP contribution is 2.27. The number of aryl methyl sites for hydroxylation is 1. The molecule has 0 saturated heterocycles. The summed E-state index contributed by atoms with van der Waals surface area (Å²) in [5.74, 6) is 0.0862. The monoisotopic (exact) mass is 338 g/mol. The van der Waals surface area contributed by atoms with E-state index in [4.69, 9.17) is 0 Å². The van der Waals surface area contributed by atoms with Crippen molar-refractivity contribution in [1.82, 2.24) is 0 Å². The summed E-state index contributed by atoms with van der Waals surface area (Å²) < 4.78 is 0.964. The molecule has 2 heteroatoms. The largest absolute Gasteiger partial charge is 0.289 e. The third-order valence-corrected chi connectivity index (χ3v) is 4.74. The van der Waals surface area contributed by atoms with Crippen LogP contribution < -0.4 is 0 Å². The van der Waals surface area contributed by atoms with Gasteiger partial charge in [-0.3, -0.25) is 4.79 Å². The van der Waals surface area contributed by atoms with Crippen molar-refractivity contribution < 1.29 is 4.79 Å². The van der Waals surface area contributed by atoms with Gasteiger partial charge in [0.15, 0.2) is 5.78 Å². The van der Waals surface area contributed by atoms with Crippen LogP contribution in [0.15, 0.2) is 59.1 Å². The lowest BCUT2D eigenvalue weighted by molar-refractivity contribution is 0.103. The summed E-state index contributed by atoms with van der Waals surface area (Å²) in [4.78, 5) is 13.0. The van der Waals surface area contributed by atoms with E-state index < -0.39 is 0 Å². The first-order chi connectivity index (χ1) is 10.1. The van der Waals surface area contributed by atoms with Crippen LogP contribution in [-0.2, 0) is 0 Å². The van der Waals surface area contributed by atoms with Gasteiger partial charge in [0.25, 0.3) is 0 Å². The quantitative estimate of drug-likeness (QED) is 0.568. The Hall–Kier alpha value is -1.93. The van der Waals surface area contributed by atoms with Crippen LogP contribution in [0.4, 0.5) is 0 Å². The highest BCUT2D eigenvalue weighted by Gasteiger charge is 2.17. The first-order valence-electron chi connectivity index (χ1n) is 6.88. The van der Waals surface area contributed by atoms with Crippen LogP contribution in [0.5, 0.6) is 0 Å². The average molecular weight is 339 g/mol. The van der Waals surface area contributed by atoms with Crippen LogP contribution in [0.2, 0.25) is 0 Å². The molecule has 3 aromatic carbocycles. The number of rotatable bonds is 2. The summed E-state index contributed by atoms with van der Waals surface area (Å²) in [5, 5.41) is 2.11. The minimum atomic E-state index is 0.0862. The molecule has 3 rings (SSSR count). The topological polar surface area (TPSA) is 17.1 Å². The van der Waals surface area contributed by atoms with Crippen LogP contribution in [0.25, 0.3) is 10.8 Å². The molecule has 0 aliphatic heterocycles. The second kappa shape index (κ2) is 5.45. The third kappa shape index (κ3) is 2.40. The molecule has 0 bridgehead atoms. The fraction of sp³-hybridized carbons (Fsp3) is 0.105. The lowest BCUT2D eigenvalue weighted by Gasteiger charge is -2.12. The molecule has 0 radical (unpaired) electrons. The summed E-state index contributed by atoms with van der Waals surface area (Å²) >= 11 is 3.50. The van der Waals surface area contributed by atoms with Gasteiger partial charge in [-0.2, -0.15) is 0 Å². The Kier molecular flexibility index (Phi) is 3.64. The molecular weight excluding hydrogens is 324 g/mol. The molecule has 0 heterocycles. The Morgan fingerprint density at radius 3 is 2.48 bits per heavy atom. The summed E-state index contributed by atoms with van der Waals surface area (Å²) in [5.41, 5.74) is 3.55. The zero-order valence-corrected chi connectivity index (χ0v) is 13.6. The van der Waals surface area contributed by atoms with Crippen molar-refractivity contribution in [2.45, 2.75) is 13.8 Å². The predicted octanol–water partition coefficient (Wildman–Crippen LogP) is 5.45. The Balaban J connectivity index is 2.27. The van der Waals surface area contributed by atoms with Crippen molar-refractivity contribution in [1.29, 1.82) is 0 Å². The number of benzene rings is 3. The number of fused-ring (bicyclic) bond motifs is 1. The minimum Gasteiger partial charge on any atom is -0.289 e. The van der Waals surface area contributed by atoms with Crippen molar-refractivity contribution in [3.8, 4) is 0 Å². The number of carbonyl (C=O) groups is 1. The van der Waals surface area contributed by atoms with Gasteiger partial charge in [0, 0.05) is 15.6 Å². The Labute approximate surface area is 132 Å². The third-order valence-electron chi connectivity index (χ3n) is 3.88. The molecule has 0 aliphatic carbocycles. The SMILES string of the molecule is Cc1ccc2ccccc2c1C(=O)c1cccc(Br)c1C. The fourth-order valence-electron chi connectivity index (χ4n) is 2.67. The number of halogens is 1. The van der Waals surface area contributed by atoms with Crippen LogP contribution in [-0.4, -0.2) is 5.78 Å². The van der Waals surface area contributed by atoms with Crippen LogP contribution in [0.3, 0.4) is 0 Å². The van der Waals surface area contributed by atoms with E-state index in [1.807, 2.05) is 62.4 Å². The second-order valence-electron chi connectivity index (χ2n) is 5.22. The smallest absolute Gasteiger partial charge is 0.194 e. The first-order valence-corrected chi connectivity index (χ1v) is 7.67. The van der Waals surface area contributed by atoms with Gasteiger partial charge in [-0.15, -0.1) is 0 Å². The van der Waals surface area contributed by atoms with Crippen LogP contribution in [0.1, 0.15) is 27.0 Å². The van der Waals surface area contributed by atoms with Crippen molar-refractivity contribution >= 4 is 32.5 Å². The second-order valence-corrected chi connectivity index (χ2v) is 6.07. The molecule has 0 saturated carbocycles.